The second kappa shape index (κ2) is 10.5. The molecule has 0 atom stereocenters. The minimum atomic E-state index is 1.01. The van der Waals surface area contributed by atoms with Crippen LogP contribution in [0.4, 0.5) is 0 Å². The fourth-order valence-electron chi connectivity index (χ4n) is 2.70. The van der Waals surface area contributed by atoms with Crippen LogP contribution >= 0.6 is 12.6 Å². The van der Waals surface area contributed by atoms with E-state index in [4.69, 9.17) is 0 Å². The summed E-state index contributed by atoms with van der Waals surface area (Å²) >= 11 is 4.29. The van der Waals surface area contributed by atoms with Crippen molar-refractivity contribution in [1.82, 2.24) is 4.90 Å². The Morgan fingerprint density at radius 2 is 1.14 bits per heavy atom. The molecule has 0 saturated carbocycles. The van der Waals surface area contributed by atoms with Gasteiger partial charge in [-0.15, -0.1) is 0 Å². The second-order valence-corrected chi connectivity index (χ2v) is 6.27. The van der Waals surface area contributed by atoms with E-state index in [0.29, 0.717) is 0 Å². The molecule has 2 aromatic carbocycles. The van der Waals surface area contributed by atoms with Crippen molar-refractivity contribution in [2.24, 2.45) is 0 Å². The van der Waals surface area contributed by atoms with Crippen LogP contribution in [0.25, 0.3) is 0 Å². The average molecular weight is 314 g/mol. The number of nitrogens with zero attached hydrogens (tertiary/aromatic N) is 1. The minimum absolute atomic E-state index is 1.01. The van der Waals surface area contributed by atoms with Crippen molar-refractivity contribution in [1.29, 1.82) is 0 Å². The van der Waals surface area contributed by atoms with Crippen molar-refractivity contribution in [2.45, 2.75) is 38.8 Å². The first-order chi connectivity index (χ1) is 10.9. The summed E-state index contributed by atoms with van der Waals surface area (Å²) in [7, 11) is 0. The van der Waals surface area contributed by atoms with Gasteiger partial charge in [0.15, 0.2) is 0 Å². The summed E-state index contributed by atoms with van der Waals surface area (Å²) in [5.74, 6) is 1.01. The smallest absolute Gasteiger partial charge is 0.0237 e. The Morgan fingerprint density at radius 3 is 1.64 bits per heavy atom. The zero-order chi connectivity index (χ0) is 15.5. The molecule has 22 heavy (non-hydrogen) atoms. The van der Waals surface area contributed by atoms with Crippen LogP contribution < -0.4 is 0 Å². The maximum atomic E-state index is 4.29. The van der Waals surface area contributed by atoms with Gasteiger partial charge in [0.1, 0.15) is 0 Å². The molecule has 0 saturated heterocycles. The highest BCUT2D eigenvalue weighted by Crippen LogP contribution is 2.12. The maximum absolute atomic E-state index is 4.29. The van der Waals surface area contributed by atoms with E-state index in [1.807, 2.05) is 0 Å². The van der Waals surface area contributed by atoms with Gasteiger partial charge in [0.2, 0.25) is 0 Å². The predicted molar refractivity (Wildman–Crippen MR) is 99.3 cm³/mol. The lowest BCUT2D eigenvalue weighted by Crippen LogP contribution is -2.24. The Bertz CT molecular complexity index is 456. The highest BCUT2D eigenvalue weighted by molar-refractivity contribution is 7.80. The highest BCUT2D eigenvalue weighted by Gasteiger charge is 2.07. The van der Waals surface area contributed by atoms with Gasteiger partial charge in [-0.2, -0.15) is 12.6 Å². The SMILES string of the molecule is SCCCCCCN(Cc1ccccc1)Cc1ccccc1. The van der Waals surface area contributed by atoms with E-state index in [2.05, 4.69) is 78.2 Å². The Hall–Kier alpha value is -1.25. The van der Waals surface area contributed by atoms with Crippen LogP contribution in [0.15, 0.2) is 60.7 Å². The fourth-order valence-corrected chi connectivity index (χ4v) is 2.92. The summed E-state index contributed by atoms with van der Waals surface area (Å²) in [6.07, 6.45) is 5.11. The summed E-state index contributed by atoms with van der Waals surface area (Å²) in [6, 6.07) is 21.6. The molecule has 118 valence electrons. The van der Waals surface area contributed by atoms with Crippen LogP contribution in [0.1, 0.15) is 36.8 Å². The lowest BCUT2D eigenvalue weighted by molar-refractivity contribution is 0.250. The normalized spacial score (nSPS) is 11.0. The third-order valence-corrected chi connectivity index (χ3v) is 4.20. The standard InChI is InChI=1S/C20H27NS/c22-16-10-2-1-9-15-21(17-19-11-5-3-6-12-19)18-20-13-7-4-8-14-20/h3-8,11-14,22H,1-2,9-10,15-18H2. The monoisotopic (exact) mass is 313 g/mol. The van der Waals surface area contributed by atoms with Crippen molar-refractivity contribution in [3.8, 4) is 0 Å². The first kappa shape index (κ1) is 17.1. The lowest BCUT2D eigenvalue weighted by Gasteiger charge is -2.22. The van der Waals surface area contributed by atoms with Gasteiger partial charge >= 0.3 is 0 Å². The molecule has 0 spiro atoms. The molecular formula is C20H27NS. The molecule has 0 fully saturated rings. The zero-order valence-corrected chi connectivity index (χ0v) is 14.2. The van der Waals surface area contributed by atoms with E-state index in [-0.39, 0.29) is 0 Å². The molecule has 2 aromatic rings. The molecule has 0 unspecified atom stereocenters. The molecule has 0 bridgehead atoms. The van der Waals surface area contributed by atoms with Crippen LogP contribution in [0.3, 0.4) is 0 Å². The van der Waals surface area contributed by atoms with Crippen molar-refractivity contribution >= 4 is 12.6 Å². The van der Waals surface area contributed by atoms with Gasteiger partial charge in [-0.05, 0) is 36.3 Å². The van der Waals surface area contributed by atoms with Crippen molar-refractivity contribution in [3.63, 3.8) is 0 Å². The molecule has 0 aliphatic carbocycles. The Kier molecular flexibility index (Phi) is 8.14. The number of thiol groups is 1. The second-order valence-electron chi connectivity index (χ2n) is 5.82. The number of hydrogen-bond acceptors (Lipinski definition) is 2. The van der Waals surface area contributed by atoms with E-state index < -0.39 is 0 Å². The summed E-state index contributed by atoms with van der Waals surface area (Å²) in [4.78, 5) is 2.56. The van der Waals surface area contributed by atoms with Gasteiger partial charge < -0.3 is 0 Å². The number of benzene rings is 2. The lowest BCUT2D eigenvalue weighted by atomic mass is 10.1. The first-order valence-corrected chi connectivity index (χ1v) is 8.93. The van der Waals surface area contributed by atoms with Crippen LogP contribution in [0.5, 0.6) is 0 Å². The number of hydrogen-bond donors (Lipinski definition) is 1. The van der Waals surface area contributed by atoms with Gasteiger partial charge in [-0.25, -0.2) is 0 Å². The van der Waals surface area contributed by atoms with Crippen molar-refractivity contribution in [2.75, 3.05) is 12.3 Å². The summed E-state index contributed by atoms with van der Waals surface area (Å²) in [6.45, 7) is 3.22. The molecule has 0 heterocycles. The van der Waals surface area contributed by atoms with Crippen LogP contribution in [-0.4, -0.2) is 17.2 Å². The highest BCUT2D eigenvalue weighted by atomic mass is 32.1. The molecule has 0 amide bonds. The molecular weight excluding hydrogens is 286 g/mol. The molecule has 2 rings (SSSR count). The Morgan fingerprint density at radius 1 is 0.636 bits per heavy atom. The van der Waals surface area contributed by atoms with Gasteiger partial charge in [0, 0.05) is 13.1 Å². The van der Waals surface area contributed by atoms with E-state index in [1.54, 1.807) is 0 Å². The molecule has 0 aromatic heterocycles. The summed E-state index contributed by atoms with van der Waals surface area (Å²) < 4.78 is 0. The van der Waals surface area contributed by atoms with Crippen molar-refractivity contribution < 1.29 is 0 Å². The quantitative estimate of drug-likeness (QED) is 0.467. The van der Waals surface area contributed by atoms with Crippen LogP contribution in [0, 0.1) is 0 Å². The maximum Gasteiger partial charge on any atom is 0.0237 e. The molecule has 0 N–H and O–H groups in total. The average Bonchev–Trinajstić information content (AvgIpc) is 2.56. The van der Waals surface area contributed by atoms with E-state index >= 15 is 0 Å². The third-order valence-electron chi connectivity index (χ3n) is 3.88. The van der Waals surface area contributed by atoms with Crippen molar-refractivity contribution in [3.05, 3.63) is 71.8 Å². The van der Waals surface area contributed by atoms with Gasteiger partial charge in [-0.1, -0.05) is 73.5 Å². The topological polar surface area (TPSA) is 3.24 Å². The fraction of sp³-hybridized carbons (Fsp3) is 0.400. The minimum Gasteiger partial charge on any atom is -0.295 e. The zero-order valence-electron chi connectivity index (χ0n) is 13.3. The van der Waals surface area contributed by atoms with E-state index in [1.165, 1.54) is 36.8 Å². The Labute approximate surface area is 140 Å². The van der Waals surface area contributed by atoms with E-state index in [0.717, 1.165) is 25.4 Å². The molecule has 0 aliphatic rings. The molecule has 0 aliphatic heterocycles. The molecule has 2 heteroatoms. The first-order valence-electron chi connectivity index (χ1n) is 8.29. The summed E-state index contributed by atoms with van der Waals surface area (Å²) in [5.41, 5.74) is 2.79. The van der Waals surface area contributed by atoms with Gasteiger partial charge in [0.25, 0.3) is 0 Å². The number of rotatable bonds is 10. The summed E-state index contributed by atoms with van der Waals surface area (Å²) in [5, 5.41) is 0. The van der Waals surface area contributed by atoms with E-state index in [9.17, 15) is 0 Å². The van der Waals surface area contributed by atoms with Gasteiger partial charge in [-0.3, -0.25) is 4.90 Å². The predicted octanol–water partition coefficient (Wildman–Crippen LogP) is 5.18. The number of unbranched alkanes of at least 4 members (excludes halogenated alkanes) is 3. The molecule has 0 radical (unpaired) electrons. The third kappa shape index (κ3) is 6.67. The van der Waals surface area contributed by atoms with Gasteiger partial charge in [0.05, 0.1) is 0 Å². The Balaban J connectivity index is 1.88. The largest absolute Gasteiger partial charge is 0.295 e. The van der Waals surface area contributed by atoms with Crippen LogP contribution in [0.2, 0.25) is 0 Å². The molecule has 1 nitrogen and oxygen atoms in total. The van der Waals surface area contributed by atoms with Crippen LogP contribution in [-0.2, 0) is 13.1 Å².